The average molecular weight is 829 g/mol. The quantitative estimate of drug-likeness (QED) is 0.0544. The van der Waals surface area contributed by atoms with Gasteiger partial charge in [-0.15, -0.1) is 0 Å². The summed E-state index contributed by atoms with van der Waals surface area (Å²) in [5.41, 5.74) is 4.45. The molecule has 1 aliphatic rings. The molecule has 0 bridgehead atoms. The van der Waals surface area contributed by atoms with Crippen LogP contribution in [0.2, 0.25) is 0 Å². The fourth-order valence-corrected chi connectivity index (χ4v) is 6.65. The molecule has 0 unspecified atom stereocenters. The van der Waals surface area contributed by atoms with Gasteiger partial charge in [-0.1, -0.05) is 164 Å². The van der Waals surface area contributed by atoms with Crippen molar-refractivity contribution < 1.29 is 47.5 Å². The molecule has 1 saturated heterocycles. The van der Waals surface area contributed by atoms with Gasteiger partial charge in [0.25, 0.3) is 0 Å². The Balaban J connectivity index is 1.27. The number of esters is 1. The summed E-state index contributed by atoms with van der Waals surface area (Å²) in [6.45, 7) is 4.37. The number of ether oxygens (including phenoxy) is 7. The number of rotatable bonds is 22. The van der Waals surface area contributed by atoms with Crippen molar-refractivity contribution in [1.29, 1.82) is 0 Å². The Bertz CT molecular complexity index is 2060. The molecule has 12 heteroatoms. The molecule has 2 amide bonds. The molecule has 5 aromatic rings. The number of amides is 2. The summed E-state index contributed by atoms with van der Waals surface area (Å²) >= 11 is 0. The van der Waals surface area contributed by atoms with Crippen molar-refractivity contribution in [3.63, 3.8) is 0 Å². The summed E-state index contributed by atoms with van der Waals surface area (Å²) in [6.07, 6.45) is -4.41. The van der Waals surface area contributed by atoms with E-state index < -0.39 is 61.1 Å². The Morgan fingerprint density at radius 2 is 1.02 bits per heavy atom. The number of hydrogen-bond acceptors (Lipinski definition) is 10. The number of hydrogen-bond donors (Lipinski definition) is 2. The highest BCUT2D eigenvalue weighted by Gasteiger charge is 2.49. The highest BCUT2D eigenvalue weighted by molar-refractivity contribution is 5.88. The molecule has 1 aliphatic heterocycles. The number of carbonyl (C=O) groups is 3. The number of carbonyl (C=O) groups excluding carboxylic acids is 3. The highest BCUT2D eigenvalue weighted by Crippen LogP contribution is 2.30. The van der Waals surface area contributed by atoms with Gasteiger partial charge in [0.05, 0.1) is 39.5 Å². The number of nitrogens with one attached hydrogen (secondary N) is 2. The molecule has 318 valence electrons. The third-order valence-electron chi connectivity index (χ3n) is 9.71. The maximum absolute atomic E-state index is 14.1. The maximum atomic E-state index is 14.1. The van der Waals surface area contributed by atoms with E-state index in [1.807, 2.05) is 140 Å². The van der Waals surface area contributed by atoms with E-state index in [2.05, 4.69) is 17.2 Å². The van der Waals surface area contributed by atoms with E-state index in [4.69, 9.17) is 33.2 Å². The lowest BCUT2D eigenvalue weighted by molar-refractivity contribution is -0.277. The van der Waals surface area contributed by atoms with Crippen LogP contribution in [-0.4, -0.2) is 67.9 Å². The van der Waals surface area contributed by atoms with Gasteiger partial charge < -0.3 is 43.8 Å². The van der Waals surface area contributed by atoms with Gasteiger partial charge in [0.2, 0.25) is 5.91 Å². The summed E-state index contributed by atoms with van der Waals surface area (Å²) in [5, 5.41) is 5.43. The standard InChI is InChI=1S/C49H52N2O10/c1-2-28-56-48(53)41(50-49(54)60-34-40-26-16-7-17-27-40)29-43(52)51-47-46(59-33-39-24-14-6-15-25-39)45(58-32-38-22-12-5-13-23-38)44(57-31-37-20-10-4-11-21-37)42(61-47)35-55-30-36-18-8-3-9-19-36/h2-27,41-42,44-47H,1,28-35H2,(H,50,54)(H,51,52)/t41-,42+,44+,45-,46+,47-/m0/s1. The second-order valence-corrected chi connectivity index (χ2v) is 14.3. The van der Waals surface area contributed by atoms with Gasteiger partial charge in [-0.25, -0.2) is 9.59 Å². The van der Waals surface area contributed by atoms with Crippen LogP contribution in [0.15, 0.2) is 164 Å². The second kappa shape index (κ2) is 24.2. The minimum atomic E-state index is -1.41. The van der Waals surface area contributed by atoms with Crippen molar-refractivity contribution in [2.24, 2.45) is 0 Å². The van der Waals surface area contributed by atoms with Crippen molar-refractivity contribution in [3.8, 4) is 0 Å². The smallest absolute Gasteiger partial charge is 0.408 e. The number of alkyl carbamates (subject to hydrolysis) is 1. The molecule has 0 aromatic heterocycles. The third-order valence-corrected chi connectivity index (χ3v) is 9.71. The first kappa shape index (κ1) is 44.4. The monoisotopic (exact) mass is 828 g/mol. The Hall–Kier alpha value is -6.15. The van der Waals surface area contributed by atoms with E-state index in [1.54, 1.807) is 12.1 Å². The van der Waals surface area contributed by atoms with Crippen molar-refractivity contribution in [2.75, 3.05) is 13.2 Å². The predicted molar refractivity (Wildman–Crippen MR) is 227 cm³/mol. The van der Waals surface area contributed by atoms with Crippen LogP contribution in [-0.2, 0) is 75.8 Å². The van der Waals surface area contributed by atoms with E-state index in [-0.39, 0.29) is 39.6 Å². The van der Waals surface area contributed by atoms with Crippen LogP contribution in [0.4, 0.5) is 4.79 Å². The summed E-state index contributed by atoms with van der Waals surface area (Å²) in [5.74, 6) is -1.49. The molecule has 5 aromatic carbocycles. The van der Waals surface area contributed by atoms with Gasteiger partial charge in [-0.3, -0.25) is 4.79 Å². The zero-order chi connectivity index (χ0) is 42.5. The Morgan fingerprint density at radius 3 is 1.51 bits per heavy atom. The molecule has 0 spiro atoms. The lowest BCUT2D eigenvalue weighted by Crippen LogP contribution is -2.65. The highest BCUT2D eigenvalue weighted by atomic mass is 16.6. The van der Waals surface area contributed by atoms with Crippen LogP contribution in [0.5, 0.6) is 0 Å². The van der Waals surface area contributed by atoms with Crippen LogP contribution in [0, 0.1) is 0 Å². The van der Waals surface area contributed by atoms with E-state index in [0.717, 1.165) is 27.8 Å². The Morgan fingerprint density at radius 1 is 0.574 bits per heavy atom. The second-order valence-electron chi connectivity index (χ2n) is 14.3. The molecular formula is C49H52N2O10. The van der Waals surface area contributed by atoms with Crippen molar-refractivity contribution in [1.82, 2.24) is 10.6 Å². The molecule has 61 heavy (non-hydrogen) atoms. The molecular weight excluding hydrogens is 777 g/mol. The molecule has 0 radical (unpaired) electrons. The molecule has 2 N–H and O–H groups in total. The minimum absolute atomic E-state index is 0.0464. The Kier molecular flexibility index (Phi) is 17.6. The van der Waals surface area contributed by atoms with Gasteiger partial charge in [0, 0.05) is 0 Å². The lowest BCUT2D eigenvalue weighted by Gasteiger charge is -2.46. The van der Waals surface area contributed by atoms with Gasteiger partial charge in [0.1, 0.15) is 43.7 Å². The van der Waals surface area contributed by atoms with E-state index in [9.17, 15) is 14.4 Å². The fraction of sp³-hybridized carbons (Fsp3) is 0.286. The first-order valence-electron chi connectivity index (χ1n) is 20.2. The summed E-state index contributed by atoms with van der Waals surface area (Å²) in [6, 6.07) is 46.5. The van der Waals surface area contributed by atoms with Crippen LogP contribution >= 0.6 is 0 Å². The normalized spacial score (nSPS) is 18.9. The van der Waals surface area contributed by atoms with Crippen LogP contribution < -0.4 is 10.6 Å². The van der Waals surface area contributed by atoms with Crippen molar-refractivity contribution in [3.05, 3.63) is 192 Å². The third kappa shape index (κ3) is 14.5. The van der Waals surface area contributed by atoms with Crippen LogP contribution in [0.1, 0.15) is 34.2 Å². The molecule has 0 saturated carbocycles. The molecule has 1 heterocycles. The molecule has 1 fully saturated rings. The molecule has 12 nitrogen and oxygen atoms in total. The first-order valence-corrected chi connectivity index (χ1v) is 20.2. The minimum Gasteiger partial charge on any atom is -0.460 e. The zero-order valence-corrected chi connectivity index (χ0v) is 33.9. The molecule has 0 aliphatic carbocycles. The summed E-state index contributed by atoms with van der Waals surface area (Å²) in [4.78, 5) is 40.3. The van der Waals surface area contributed by atoms with E-state index in [0.29, 0.717) is 6.61 Å². The van der Waals surface area contributed by atoms with Gasteiger partial charge >= 0.3 is 12.1 Å². The lowest BCUT2D eigenvalue weighted by atomic mass is 9.96. The number of benzene rings is 5. The van der Waals surface area contributed by atoms with Crippen molar-refractivity contribution >= 4 is 18.0 Å². The first-order chi connectivity index (χ1) is 29.9. The van der Waals surface area contributed by atoms with Crippen LogP contribution in [0.3, 0.4) is 0 Å². The van der Waals surface area contributed by atoms with Gasteiger partial charge in [-0.2, -0.15) is 0 Å². The molecule has 6 rings (SSSR count). The van der Waals surface area contributed by atoms with Gasteiger partial charge in [-0.05, 0) is 27.8 Å². The average Bonchev–Trinajstić information content (AvgIpc) is 3.30. The fourth-order valence-electron chi connectivity index (χ4n) is 6.65. The SMILES string of the molecule is C=CCOC(=O)[C@H](CC(=O)N[C@H]1O[C@H](COCc2ccccc2)[C@@H](OCc2ccccc2)[C@H](OCc2ccccc2)[C@H]1OCc1ccccc1)NC(=O)OCc1ccccc1. The topological polar surface area (TPSA) is 140 Å². The zero-order valence-electron chi connectivity index (χ0n) is 33.9. The Labute approximate surface area is 356 Å². The van der Waals surface area contributed by atoms with Crippen molar-refractivity contribution in [2.45, 2.75) is 76.1 Å². The maximum Gasteiger partial charge on any atom is 0.408 e. The van der Waals surface area contributed by atoms with E-state index in [1.165, 1.54) is 6.08 Å². The summed E-state index contributed by atoms with van der Waals surface area (Å²) in [7, 11) is 0. The predicted octanol–water partition coefficient (Wildman–Crippen LogP) is 7.21. The van der Waals surface area contributed by atoms with Gasteiger partial charge in [0.15, 0.2) is 6.23 Å². The van der Waals surface area contributed by atoms with E-state index >= 15 is 0 Å². The largest absolute Gasteiger partial charge is 0.460 e. The van der Waals surface area contributed by atoms with Crippen LogP contribution in [0.25, 0.3) is 0 Å². The molecule has 6 atom stereocenters. The summed E-state index contributed by atoms with van der Waals surface area (Å²) < 4.78 is 43.7.